The number of benzene rings is 1. The molecule has 1 fully saturated rings. The van der Waals surface area contributed by atoms with E-state index >= 15 is 0 Å². The molecule has 24 heavy (non-hydrogen) atoms. The topological polar surface area (TPSA) is 60.3 Å². The zero-order valence-corrected chi connectivity index (χ0v) is 14.8. The first-order valence-corrected chi connectivity index (χ1v) is 9.08. The summed E-state index contributed by atoms with van der Waals surface area (Å²) in [6, 6.07) is 10.2. The van der Waals surface area contributed by atoms with Crippen LogP contribution in [0.25, 0.3) is 0 Å². The summed E-state index contributed by atoms with van der Waals surface area (Å²) in [6.45, 7) is 6.58. The summed E-state index contributed by atoms with van der Waals surface area (Å²) >= 11 is 1.45. The van der Waals surface area contributed by atoms with Crippen LogP contribution in [0.5, 0.6) is 0 Å². The number of carbonyl (C=O) groups excluding carboxylic acids is 1. The van der Waals surface area contributed by atoms with Crippen LogP contribution in [0.4, 0.5) is 0 Å². The third-order valence-corrected chi connectivity index (χ3v) is 4.96. The molecule has 2 aromatic rings. The zero-order valence-electron chi connectivity index (χ0n) is 14.0. The molecule has 3 rings (SSSR count). The molecule has 0 spiro atoms. The van der Waals surface area contributed by atoms with Crippen LogP contribution < -0.4 is 0 Å². The Morgan fingerprint density at radius 3 is 2.88 bits per heavy atom. The van der Waals surface area contributed by atoms with E-state index in [1.807, 2.05) is 36.9 Å². The second-order valence-corrected chi connectivity index (χ2v) is 6.85. The Kier molecular flexibility index (Phi) is 5.52. The summed E-state index contributed by atoms with van der Waals surface area (Å²) in [5, 5.41) is 9.17. The van der Waals surface area contributed by atoms with Gasteiger partial charge >= 0.3 is 0 Å². The molecule has 1 atom stereocenters. The van der Waals surface area contributed by atoms with Crippen LogP contribution in [0.1, 0.15) is 18.3 Å². The SMILES string of the molecule is Cc1nnc(SCC(=O)N2CCO[C@H](C)C2)n1Cc1ccccc1. The minimum Gasteiger partial charge on any atom is -0.375 e. The standard InChI is InChI=1S/C17H22N4O2S/c1-13-10-20(8-9-23-13)16(22)12-24-17-19-18-14(2)21(17)11-15-6-4-3-5-7-15/h3-7,13H,8-12H2,1-2H3/t13-/m1/s1. The van der Waals surface area contributed by atoms with Gasteiger partial charge in [0, 0.05) is 13.1 Å². The summed E-state index contributed by atoms with van der Waals surface area (Å²) in [5.74, 6) is 1.36. The number of nitrogens with zero attached hydrogens (tertiary/aromatic N) is 4. The van der Waals surface area contributed by atoms with E-state index < -0.39 is 0 Å². The van der Waals surface area contributed by atoms with Crippen molar-refractivity contribution in [2.75, 3.05) is 25.4 Å². The first kappa shape index (κ1) is 17.0. The van der Waals surface area contributed by atoms with Crippen LogP contribution in [-0.2, 0) is 16.1 Å². The second kappa shape index (κ2) is 7.81. The van der Waals surface area contributed by atoms with Crippen molar-refractivity contribution in [3.05, 3.63) is 41.7 Å². The van der Waals surface area contributed by atoms with Gasteiger partial charge in [-0.1, -0.05) is 42.1 Å². The molecule has 0 bridgehead atoms. The predicted octanol–water partition coefficient (Wildman–Crippen LogP) is 1.97. The Hall–Kier alpha value is -1.86. The number of hydrogen-bond donors (Lipinski definition) is 0. The van der Waals surface area contributed by atoms with E-state index in [0.717, 1.165) is 11.0 Å². The van der Waals surface area contributed by atoms with Crippen LogP contribution in [0.15, 0.2) is 35.5 Å². The molecule has 0 saturated carbocycles. The van der Waals surface area contributed by atoms with Gasteiger partial charge in [-0.15, -0.1) is 10.2 Å². The summed E-state index contributed by atoms with van der Waals surface area (Å²) in [5.41, 5.74) is 1.19. The molecule has 0 N–H and O–H groups in total. The Morgan fingerprint density at radius 1 is 1.33 bits per heavy atom. The van der Waals surface area contributed by atoms with E-state index in [2.05, 4.69) is 26.9 Å². The maximum absolute atomic E-state index is 12.4. The minimum atomic E-state index is 0.108. The maximum atomic E-state index is 12.4. The van der Waals surface area contributed by atoms with Crippen LogP contribution in [0, 0.1) is 6.92 Å². The van der Waals surface area contributed by atoms with Gasteiger partial charge < -0.3 is 14.2 Å². The molecule has 0 aliphatic carbocycles. The number of ether oxygens (including phenoxy) is 1. The van der Waals surface area contributed by atoms with Crippen LogP contribution in [0.2, 0.25) is 0 Å². The molecule has 2 heterocycles. The average molecular weight is 346 g/mol. The number of aryl methyl sites for hydroxylation is 1. The largest absolute Gasteiger partial charge is 0.375 e. The lowest BCUT2D eigenvalue weighted by atomic mass is 10.2. The Bertz CT molecular complexity index is 689. The molecule has 1 amide bonds. The fraction of sp³-hybridized carbons (Fsp3) is 0.471. The number of morpholine rings is 1. The molecule has 7 heteroatoms. The van der Waals surface area contributed by atoms with E-state index in [-0.39, 0.29) is 12.0 Å². The highest BCUT2D eigenvalue weighted by molar-refractivity contribution is 7.99. The zero-order chi connectivity index (χ0) is 16.9. The van der Waals surface area contributed by atoms with E-state index in [1.54, 1.807) is 0 Å². The Balaban J connectivity index is 1.62. The highest BCUT2D eigenvalue weighted by Gasteiger charge is 2.22. The molecule has 1 aromatic carbocycles. The third-order valence-electron chi connectivity index (χ3n) is 4.00. The molecule has 1 aliphatic heterocycles. The average Bonchev–Trinajstić information content (AvgIpc) is 2.94. The number of amides is 1. The molecule has 1 aromatic heterocycles. The van der Waals surface area contributed by atoms with E-state index in [0.29, 0.717) is 32.0 Å². The van der Waals surface area contributed by atoms with E-state index in [1.165, 1.54) is 17.3 Å². The molecule has 6 nitrogen and oxygen atoms in total. The highest BCUT2D eigenvalue weighted by Crippen LogP contribution is 2.19. The number of aromatic nitrogens is 3. The molecule has 1 saturated heterocycles. The van der Waals surface area contributed by atoms with Gasteiger partial charge in [0.1, 0.15) is 5.82 Å². The first-order valence-electron chi connectivity index (χ1n) is 8.09. The van der Waals surface area contributed by atoms with Crippen LogP contribution in [0.3, 0.4) is 0 Å². The smallest absolute Gasteiger partial charge is 0.233 e. The van der Waals surface area contributed by atoms with Crippen molar-refractivity contribution in [2.45, 2.75) is 31.7 Å². The first-order chi connectivity index (χ1) is 11.6. The number of thioether (sulfide) groups is 1. The summed E-state index contributed by atoms with van der Waals surface area (Å²) in [7, 11) is 0. The van der Waals surface area contributed by atoms with Crippen molar-refractivity contribution in [3.63, 3.8) is 0 Å². The molecule has 0 radical (unpaired) electrons. The van der Waals surface area contributed by atoms with Gasteiger partial charge in [-0.05, 0) is 19.4 Å². The van der Waals surface area contributed by atoms with E-state index in [9.17, 15) is 4.79 Å². The molecule has 0 unspecified atom stereocenters. The quantitative estimate of drug-likeness (QED) is 0.775. The lowest BCUT2D eigenvalue weighted by Gasteiger charge is -2.31. The molecule has 128 valence electrons. The molecule has 1 aliphatic rings. The van der Waals surface area contributed by atoms with Gasteiger partial charge in [0.15, 0.2) is 5.16 Å². The normalized spacial score (nSPS) is 17.9. The number of carbonyl (C=O) groups is 1. The van der Waals surface area contributed by atoms with E-state index in [4.69, 9.17) is 4.74 Å². The summed E-state index contributed by atoms with van der Waals surface area (Å²) in [6.07, 6.45) is 0.108. The summed E-state index contributed by atoms with van der Waals surface area (Å²) < 4.78 is 7.53. The van der Waals surface area contributed by atoms with Crippen molar-refractivity contribution in [2.24, 2.45) is 0 Å². The third kappa shape index (κ3) is 4.15. The van der Waals surface area contributed by atoms with Gasteiger partial charge in [0.2, 0.25) is 5.91 Å². The monoisotopic (exact) mass is 346 g/mol. The van der Waals surface area contributed by atoms with Crippen molar-refractivity contribution >= 4 is 17.7 Å². The van der Waals surface area contributed by atoms with Gasteiger partial charge in [0.05, 0.1) is 25.0 Å². The number of hydrogen-bond acceptors (Lipinski definition) is 5. The fourth-order valence-electron chi connectivity index (χ4n) is 2.68. The lowest BCUT2D eigenvalue weighted by molar-refractivity contribution is -0.135. The maximum Gasteiger partial charge on any atom is 0.233 e. The minimum absolute atomic E-state index is 0.108. The fourth-order valence-corrected chi connectivity index (χ4v) is 3.57. The second-order valence-electron chi connectivity index (χ2n) is 5.91. The predicted molar refractivity (Wildman–Crippen MR) is 93.0 cm³/mol. The van der Waals surface area contributed by atoms with Crippen molar-refractivity contribution < 1.29 is 9.53 Å². The Labute approximate surface area is 146 Å². The van der Waals surface area contributed by atoms with Gasteiger partial charge in [-0.3, -0.25) is 4.79 Å². The van der Waals surface area contributed by atoms with Crippen LogP contribution >= 0.6 is 11.8 Å². The summed E-state index contributed by atoms with van der Waals surface area (Å²) in [4.78, 5) is 14.3. The van der Waals surface area contributed by atoms with Gasteiger partial charge in [-0.25, -0.2) is 0 Å². The van der Waals surface area contributed by atoms with Gasteiger partial charge in [0.25, 0.3) is 0 Å². The molecular formula is C17H22N4O2S. The van der Waals surface area contributed by atoms with Crippen molar-refractivity contribution in [1.29, 1.82) is 0 Å². The van der Waals surface area contributed by atoms with Crippen molar-refractivity contribution in [3.8, 4) is 0 Å². The van der Waals surface area contributed by atoms with Gasteiger partial charge in [-0.2, -0.15) is 0 Å². The number of rotatable bonds is 5. The highest BCUT2D eigenvalue weighted by atomic mass is 32.2. The molecular weight excluding hydrogens is 324 g/mol. The van der Waals surface area contributed by atoms with Crippen LogP contribution in [-0.4, -0.2) is 57.1 Å². The Morgan fingerprint density at radius 2 is 2.12 bits per heavy atom. The van der Waals surface area contributed by atoms with Crippen molar-refractivity contribution in [1.82, 2.24) is 19.7 Å². The lowest BCUT2D eigenvalue weighted by Crippen LogP contribution is -2.45.